The number of nitrogens with zero attached hydrogens (tertiary/aromatic N) is 1. The second kappa shape index (κ2) is 7.19. The molecule has 0 aliphatic rings. The summed E-state index contributed by atoms with van der Waals surface area (Å²) < 4.78 is 10.5. The highest BCUT2D eigenvalue weighted by Gasteiger charge is 2.38. The molecule has 1 N–H and O–H groups in total. The lowest BCUT2D eigenvalue weighted by atomic mass is 9.87. The van der Waals surface area contributed by atoms with Crippen LogP contribution in [0.5, 0.6) is 0 Å². The van der Waals surface area contributed by atoms with Gasteiger partial charge < -0.3 is 14.8 Å². The predicted octanol–water partition coefficient (Wildman–Crippen LogP) is 2.19. The Bertz CT molecular complexity index is 355. The molecular weight excluding hydrogens is 248 g/mol. The van der Waals surface area contributed by atoms with Crippen molar-refractivity contribution in [2.24, 2.45) is 5.92 Å². The number of nitrogens with one attached hydrogen (secondary N) is 1. The Morgan fingerprint density at radius 1 is 1.39 bits per heavy atom. The number of rotatable bonds is 8. The van der Waals surface area contributed by atoms with Gasteiger partial charge in [0.05, 0.1) is 18.8 Å². The smallest absolute Gasteiger partial charge is 0.116 e. The van der Waals surface area contributed by atoms with E-state index in [0.717, 1.165) is 17.2 Å². The third-order valence-corrected chi connectivity index (χ3v) is 4.24. The normalized spacial score (nSPS) is 15.0. The van der Waals surface area contributed by atoms with Crippen molar-refractivity contribution in [1.29, 1.82) is 0 Å². The van der Waals surface area contributed by atoms with E-state index in [9.17, 15) is 0 Å². The van der Waals surface area contributed by atoms with E-state index in [4.69, 9.17) is 9.47 Å². The largest absolute Gasteiger partial charge is 0.383 e. The van der Waals surface area contributed by atoms with Crippen molar-refractivity contribution < 1.29 is 9.47 Å². The Morgan fingerprint density at radius 3 is 2.56 bits per heavy atom. The molecule has 0 aliphatic heterocycles. The van der Waals surface area contributed by atoms with E-state index in [-0.39, 0.29) is 5.54 Å². The summed E-state index contributed by atoms with van der Waals surface area (Å²) in [6, 6.07) is 0. The molecule has 0 aliphatic carbocycles. The summed E-state index contributed by atoms with van der Waals surface area (Å²) in [6.45, 7) is 8.48. The SMILES string of the molecule is COCCNC(COC)(c1nc(C)cs1)C(C)C. The maximum atomic E-state index is 5.43. The number of aryl methyl sites for hydroxylation is 1. The molecule has 0 bridgehead atoms. The summed E-state index contributed by atoms with van der Waals surface area (Å²) in [5.74, 6) is 0.389. The van der Waals surface area contributed by atoms with E-state index in [1.54, 1.807) is 25.6 Å². The summed E-state index contributed by atoms with van der Waals surface area (Å²) in [5, 5.41) is 6.74. The minimum absolute atomic E-state index is 0.230. The van der Waals surface area contributed by atoms with Gasteiger partial charge in [-0.05, 0) is 12.8 Å². The molecule has 1 aromatic heterocycles. The molecule has 0 radical (unpaired) electrons. The van der Waals surface area contributed by atoms with Gasteiger partial charge in [0, 0.05) is 31.8 Å². The second-order valence-corrected chi connectivity index (χ2v) is 5.63. The van der Waals surface area contributed by atoms with Crippen LogP contribution in [0.3, 0.4) is 0 Å². The van der Waals surface area contributed by atoms with Gasteiger partial charge in [0.2, 0.25) is 0 Å². The van der Waals surface area contributed by atoms with Crippen molar-refractivity contribution in [3.05, 3.63) is 16.1 Å². The van der Waals surface area contributed by atoms with Gasteiger partial charge in [0.25, 0.3) is 0 Å². The number of methoxy groups -OCH3 is 2. The number of hydrogen-bond donors (Lipinski definition) is 1. The maximum Gasteiger partial charge on any atom is 0.116 e. The van der Waals surface area contributed by atoms with E-state index in [1.807, 2.05) is 6.92 Å². The molecule has 4 nitrogen and oxygen atoms in total. The van der Waals surface area contributed by atoms with Crippen LogP contribution in [-0.2, 0) is 15.0 Å². The van der Waals surface area contributed by atoms with E-state index in [1.165, 1.54) is 0 Å². The van der Waals surface area contributed by atoms with Crippen molar-refractivity contribution in [1.82, 2.24) is 10.3 Å². The molecule has 0 saturated carbocycles. The van der Waals surface area contributed by atoms with Crippen molar-refractivity contribution in [3.8, 4) is 0 Å². The lowest BCUT2D eigenvalue weighted by molar-refractivity contribution is 0.0688. The second-order valence-electron chi connectivity index (χ2n) is 4.77. The molecule has 1 atom stereocenters. The summed E-state index contributed by atoms with van der Waals surface area (Å²) in [6.07, 6.45) is 0. The van der Waals surface area contributed by atoms with Crippen LogP contribution in [0.25, 0.3) is 0 Å². The quantitative estimate of drug-likeness (QED) is 0.737. The van der Waals surface area contributed by atoms with Gasteiger partial charge in [0.1, 0.15) is 5.01 Å². The highest BCUT2D eigenvalue weighted by molar-refractivity contribution is 7.09. The summed E-state index contributed by atoms with van der Waals surface area (Å²) in [5.41, 5.74) is 0.830. The molecule has 1 heterocycles. The molecule has 104 valence electrons. The van der Waals surface area contributed by atoms with Crippen LogP contribution >= 0.6 is 11.3 Å². The van der Waals surface area contributed by atoms with Gasteiger partial charge in [-0.1, -0.05) is 13.8 Å². The van der Waals surface area contributed by atoms with Crippen LogP contribution in [0.15, 0.2) is 5.38 Å². The first kappa shape index (κ1) is 15.6. The maximum absolute atomic E-state index is 5.43. The third kappa shape index (κ3) is 3.51. The standard InChI is InChI=1S/C13H24N2O2S/c1-10(2)13(9-17-5,14-6-7-16-4)12-15-11(3)8-18-12/h8,10,14H,6-7,9H2,1-5H3. The van der Waals surface area contributed by atoms with E-state index in [2.05, 4.69) is 29.5 Å². The Balaban J connectivity index is 2.96. The zero-order valence-corrected chi connectivity index (χ0v) is 12.8. The van der Waals surface area contributed by atoms with Gasteiger partial charge in [-0.25, -0.2) is 4.98 Å². The molecule has 0 fully saturated rings. The Kier molecular flexibility index (Phi) is 6.21. The van der Waals surface area contributed by atoms with Crippen LogP contribution in [0.4, 0.5) is 0 Å². The van der Waals surface area contributed by atoms with Gasteiger partial charge in [-0.15, -0.1) is 11.3 Å². The predicted molar refractivity (Wildman–Crippen MR) is 75.1 cm³/mol. The van der Waals surface area contributed by atoms with Crippen LogP contribution in [-0.4, -0.2) is 39.0 Å². The monoisotopic (exact) mass is 272 g/mol. The van der Waals surface area contributed by atoms with E-state index < -0.39 is 0 Å². The molecule has 0 amide bonds. The molecular formula is C13H24N2O2S. The van der Waals surface area contributed by atoms with Gasteiger partial charge in [-0.2, -0.15) is 0 Å². The van der Waals surface area contributed by atoms with Gasteiger partial charge >= 0.3 is 0 Å². The Morgan fingerprint density at radius 2 is 2.11 bits per heavy atom. The molecule has 5 heteroatoms. The fourth-order valence-corrected chi connectivity index (χ4v) is 3.08. The number of hydrogen-bond acceptors (Lipinski definition) is 5. The minimum atomic E-state index is -0.230. The fraction of sp³-hybridized carbons (Fsp3) is 0.769. The average Bonchev–Trinajstić information content (AvgIpc) is 2.75. The zero-order chi connectivity index (χ0) is 13.6. The lowest BCUT2D eigenvalue weighted by Crippen LogP contribution is -2.51. The minimum Gasteiger partial charge on any atom is -0.383 e. The van der Waals surface area contributed by atoms with Crippen LogP contribution in [0.2, 0.25) is 0 Å². The summed E-state index contributed by atoms with van der Waals surface area (Å²) >= 11 is 1.69. The third-order valence-electron chi connectivity index (χ3n) is 3.10. The molecule has 0 aromatic carbocycles. The lowest BCUT2D eigenvalue weighted by Gasteiger charge is -2.36. The van der Waals surface area contributed by atoms with Crippen LogP contribution in [0, 0.1) is 12.8 Å². The zero-order valence-electron chi connectivity index (χ0n) is 11.9. The van der Waals surface area contributed by atoms with Gasteiger partial charge in [-0.3, -0.25) is 0 Å². The number of ether oxygens (including phenoxy) is 2. The van der Waals surface area contributed by atoms with Crippen molar-refractivity contribution in [3.63, 3.8) is 0 Å². The highest BCUT2D eigenvalue weighted by atomic mass is 32.1. The summed E-state index contributed by atoms with van der Waals surface area (Å²) in [7, 11) is 3.44. The molecule has 1 aromatic rings. The molecule has 1 unspecified atom stereocenters. The average molecular weight is 272 g/mol. The highest BCUT2D eigenvalue weighted by Crippen LogP contribution is 2.32. The van der Waals surface area contributed by atoms with Crippen molar-refractivity contribution in [2.75, 3.05) is 34.0 Å². The fourth-order valence-electron chi connectivity index (χ4n) is 1.97. The number of aromatic nitrogens is 1. The molecule has 1 rings (SSSR count). The Hall–Kier alpha value is -0.490. The topological polar surface area (TPSA) is 43.4 Å². The van der Waals surface area contributed by atoms with Crippen molar-refractivity contribution >= 4 is 11.3 Å². The first-order chi connectivity index (χ1) is 8.56. The summed E-state index contributed by atoms with van der Waals surface area (Å²) in [4.78, 5) is 4.64. The van der Waals surface area contributed by atoms with E-state index in [0.29, 0.717) is 19.1 Å². The van der Waals surface area contributed by atoms with Crippen LogP contribution < -0.4 is 5.32 Å². The van der Waals surface area contributed by atoms with Crippen LogP contribution in [0.1, 0.15) is 24.5 Å². The van der Waals surface area contributed by atoms with Gasteiger partial charge in [0.15, 0.2) is 0 Å². The first-order valence-corrected chi connectivity index (χ1v) is 7.10. The van der Waals surface area contributed by atoms with Crippen molar-refractivity contribution in [2.45, 2.75) is 26.3 Å². The number of thiazole rings is 1. The molecule has 0 saturated heterocycles. The molecule has 18 heavy (non-hydrogen) atoms. The first-order valence-electron chi connectivity index (χ1n) is 6.22. The van der Waals surface area contributed by atoms with E-state index >= 15 is 0 Å². The molecule has 0 spiro atoms. The Labute approximate surface area is 114 Å².